The average Bonchev–Trinajstić information content (AvgIpc) is 2.65. The highest BCUT2D eigenvalue weighted by atomic mass is 19.1. The first-order valence-corrected chi connectivity index (χ1v) is 4.59. The number of hydrogen-bond donors (Lipinski definition) is 1. The molecule has 0 aromatic carbocycles. The van der Waals surface area contributed by atoms with E-state index in [9.17, 15) is 9.18 Å². The largest absolute Gasteiger partial charge is 0.369 e. The Bertz CT molecular complexity index is 506. The molecule has 2 rings (SSSR count). The van der Waals surface area contributed by atoms with E-state index in [4.69, 9.17) is 5.73 Å². The molecule has 0 fully saturated rings. The lowest BCUT2D eigenvalue weighted by atomic mass is 10.2. The third kappa shape index (κ3) is 2.22. The molecule has 0 saturated heterocycles. The Balaban J connectivity index is 2.22. The van der Waals surface area contributed by atoms with Crippen molar-refractivity contribution < 1.29 is 9.18 Å². The molecule has 0 bridgehead atoms. The molecule has 82 valence electrons. The van der Waals surface area contributed by atoms with E-state index in [0.29, 0.717) is 11.4 Å². The maximum atomic E-state index is 12.7. The van der Waals surface area contributed by atoms with Crippen molar-refractivity contribution in [1.29, 1.82) is 0 Å². The van der Waals surface area contributed by atoms with Gasteiger partial charge in [-0.05, 0) is 11.6 Å². The molecule has 0 atom stereocenters. The van der Waals surface area contributed by atoms with E-state index in [1.165, 1.54) is 17.1 Å². The number of carbonyl (C=O) groups excluding carboxylic acids is 1. The van der Waals surface area contributed by atoms with Crippen LogP contribution in [0.2, 0.25) is 0 Å². The molecule has 0 aliphatic rings. The summed E-state index contributed by atoms with van der Waals surface area (Å²) in [6.45, 7) is 0. The Kier molecular flexibility index (Phi) is 2.63. The smallest absolute Gasteiger partial charge is 0.221 e. The van der Waals surface area contributed by atoms with Crippen molar-refractivity contribution in [2.75, 3.05) is 0 Å². The minimum Gasteiger partial charge on any atom is -0.369 e. The third-order valence-corrected chi connectivity index (χ3v) is 1.97. The van der Waals surface area contributed by atoms with Crippen molar-refractivity contribution >= 4 is 5.91 Å². The highest BCUT2D eigenvalue weighted by Gasteiger charge is 2.03. The van der Waals surface area contributed by atoms with Gasteiger partial charge in [0.05, 0.1) is 18.8 Å². The zero-order valence-electron chi connectivity index (χ0n) is 8.30. The summed E-state index contributed by atoms with van der Waals surface area (Å²) >= 11 is 0. The lowest BCUT2D eigenvalue weighted by Gasteiger charge is -2.01. The van der Waals surface area contributed by atoms with Gasteiger partial charge in [0.1, 0.15) is 0 Å². The van der Waals surface area contributed by atoms with Crippen LogP contribution in [0, 0.1) is 5.82 Å². The van der Waals surface area contributed by atoms with Crippen LogP contribution in [0.4, 0.5) is 4.39 Å². The van der Waals surface area contributed by atoms with Gasteiger partial charge in [-0.2, -0.15) is 5.10 Å². The van der Waals surface area contributed by atoms with Crippen LogP contribution in [0.5, 0.6) is 0 Å². The molecule has 2 aromatic rings. The quantitative estimate of drug-likeness (QED) is 0.815. The molecule has 16 heavy (non-hydrogen) atoms. The predicted molar refractivity (Wildman–Crippen MR) is 54.2 cm³/mol. The second kappa shape index (κ2) is 4.09. The molecule has 0 aliphatic carbocycles. The Morgan fingerprint density at radius 1 is 1.44 bits per heavy atom. The van der Waals surface area contributed by atoms with Gasteiger partial charge in [0.25, 0.3) is 0 Å². The molecule has 0 radical (unpaired) electrons. The zero-order valence-corrected chi connectivity index (χ0v) is 8.30. The van der Waals surface area contributed by atoms with Crippen molar-refractivity contribution in [1.82, 2.24) is 14.8 Å². The molecule has 1 amide bonds. The molecule has 2 aromatic heterocycles. The van der Waals surface area contributed by atoms with Crippen molar-refractivity contribution in [2.45, 2.75) is 6.42 Å². The number of nitrogens with two attached hydrogens (primary N) is 1. The number of aromatic nitrogens is 3. The normalized spacial score (nSPS) is 10.3. The molecule has 5 nitrogen and oxygen atoms in total. The lowest BCUT2D eigenvalue weighted by Crippen LogP contribution is -2.13. The summed E-state index contributed by atoms with van der Waals surface area (Å²) in [5, 5.41) is 3.76. The van der Waals surface area contributed by atoms with Crippen LogP contribution < -0.4 is 5.73 Å². The number of hydrogen-bond acceptors (Lipinski definition) is 3. The fraction of sp³-hybridized carbons (Fsp3) is 0.100. The first-order chi connectivity index (χ1) is 7.65. The molecule has 2 heterocycles. The number of primary amides is 1. The summed E-state index contributed by atoms with van der Waals surface area (Å²) in [5.74, 6) is -0.361. The number of pyridine rings is 1. The first kappa shape index (κ1) is 10.3. The van der Waals surface area contributed by atoms with Crippen LogP contribution >= 0.6 is 0 Å². The summed E-state index contributed by atoms with van der Waals surface area (Å²) < 4.78 is 14.0. The third-order valence-electron chi connectivity index (χ3n) is 1.97. The van der Waals surface area contributed by atoms with Crippen molar-refractivity contribution in [3.8, 4) is 5.82 Å². The highest BCUT2D eigenvalue weighted by molar-refractivity contribution is 5.76. The van der Waals surface area contributed by atoms with Gasteiger partial charge < -0.3 is 5.73 Å². The fourth-order valence-electron chi connectivity index (χ4n) is 1.28. The van der Waals surface area contributed by atoms with Crippen molar-refractivity contribution in [3.05, 3.63) is 42.1 Å². The van der Waals surface area contributed by atoms with E-state index in [1.807, 2.05) is 0 Å². The molecule has 6 heteroatoms. The van der Waals surface area contributed by atoms with Gasteiger partial charge in [-0.1, -0.05) is 6.07 Å². The molecule has 0 aliphatic heterocycles. The van der Waals surface area contributed by atoms with E-state index >= 15 is 0 Å². The Morgan fingerprint density at radius 2 is 2.25 bits per heavy atom. The van der Waals surface area contributed by atoms with Crippen LogP contribution in [0.3, 0.4) is 0 Å². The van der Waals surface area contributed by atoms with E-state index in [1.54, 1.807) is 12.1 Å². The van der Waals surface area contributed by atoms with Crippen molar-refractivity contribution in [2.24, 2.45) is 5.73 Å². The number of carbonyl (C=O) groups is 1. The van der Waals surface area contributed by atoms with Gasteiger partial charge in [0.2, 0.25) is 5.91 Å². The maximum absolute atomic E-state index is 12.7. The summed E-state index contributed by atoms with van der Waals surface area (Å²) in [6, 6.07) is 3.34. The molecule has 0 spiro atoms. The number of amides is 1. The Labute approximate surface area is 90.7 Å². The standard InChI is InChI=1S/C10H9FN4O/c11-8-5-14-15(6-8)10-2-1-7(4-13-10)3-9(12)16/h1-2,4-6H,3H2,(H2,12,16). The van der Waals surface area contributed by atoms with Gasteiger partial charge >= 0.3 is 0 Å². The molecular weight excluding hydrogens is 211 g/mol. The van der Waals surface area contributed by atoms with E-state index < -0.39 is 11.7 Å². The number of nitrogens with zero attached hydrogens (tertiary/aromatic N) is 3. The molecular formula is C10H9FN4O. The molecule has 2 N–H and O–H groups in total. The Hall–Kier alpha value is -2.24. The first-order valence-electron chi connectivity index (χ1n) is 4.59. The maximum Gasteiger partial charge on any atom is 0.221 e. The summed E-state index contributed by atoms with van der Waals surface area (Å²) in [7, 11) is 0. The van der Waals surface area contributed by atoms with Crippen LogP contribution in [-0.2, 0) is 11.2 Å². The average molecular weight is 220 g/mol. The predicted octanol–water partition coefficient (Wildman–Crippen LogP) is 0.434. The number of rotatable bonds is 3. The number of halogens is 1. The van der Waals surface area contributed by atoms with E-state index in [0.717, 1.165) is 6.20 Å². The summed E-state index contributed by atoms with van der Waals surface area (Å²) in [5.41, 5.74) is 5.76. The molecule has 0 saturated carbocycles. The second-order valence-corrected chi connectivity index (χ2v) is 3.27. The minimum absolute atomic E-state index is 0.140. The van der Waals surface area contributed by atoms with Crippen LogP contribution in [0.15, 0.2) is 30.7 Å². The monoisotopic (exact) mass is 220 g/mol. The van der Waals surface area contributed by atoms with Crippen LogP contribution in [0.1, 0.15) is 5.56 Å². The van der Waals surface area contributed by atoms with E-state index in [-0.39, 0.29) is 6.42 Å². The van der Waals surface area contributed by atoms with E-state index in [2.05, 4.69) is 10.1 Å². The van der Waals surface area contributed by atoms with Crippen molar-refractivity contribution in [3.63, 3.8) is 0 Å². The minimum atomic E-state index is -0.428. The van der Waals surface area contributed by atoms with Crippen LogP contribution in [-0.4, -0.2) is 20.7 Å². The van der Waals surface area contributed by atoms with Gasteiger partial charge in [-0.25, -0.2) is 14.1 Å². The van der Waals surface area contributed by atoms with Gasteiger partial charge in [-0.15, -0.1) is 0 Å². The zero-order chi connectivity index (χ0) is 11.5. The lowest BCUT2D eigenvalue weighted by molar-refractivity contribution is -0.117. The van der Waals surface area contributed by atoms with Gasteiger partial charge in [0.15, 0.2) is 11.6 Å². The Morgan fingerprint density at radius 3 is 2.75 bits per heavy atom. The molecule has 0 unspecified atom stereocenters. The van der Waals surface area contributed by atoms with Crippen LogP contribution in [0.25, 0.3) is 5.82 Å². The van der Waals surface area contributed by atoms with Gasteiger partial charge in [0, 0.05) is 6.20 Å². The topological polar surface area (TPSA) is 73.8 Å². The SMILES string of the molecule is NC(=O)Cc1ccc(-n2cc(F)cn2)nc1. The van der Waals surface area contributed by atoms with Gasteiger partial charge in [-0.3, -0.25) is 4.79 Å². The highest BCUT2D eigenvalue weighted by Crippen LogP contribution is 2.06. The second-order valence-electron chi connectivity index (χ2n) is 3.27. The summed E-state index contributed by atoms with van der Waals surface area (Å²) in [4.78, 5) is 14.7. The summed E-state index contributed by atoms with van der Waals surface area (Å²) in [6.07, 6.45) is 3.97. The fourth-order valence-corrected chi connectivity index (χ4v) is 1.28.